The number of hydrogen-bond donors (Lipinski definition) is 1. The van der Waals surface area contributed by atoms with Gasteiger partial charge in [-0.25, -0.2) is 9.07 Å². The van der Waals surface area contributed by atoms with Gasteiger partial charge in [0.25, 0.3) is 11.5 Å². The highest BCUT2D eigenvalue weighted by molar-refractivity contribution is 5.95. The molecular formula is C16H17FN4O3. The van der Waals surface area contributed by atoms with Crippen LogP contribution in [0.5, 0.6) is 0 Å². The number of halogens is 1. The molecule has 0 spiro atoms. The van der Waals surface area contributed by atoms with Crippen LogP contribution in [0.15, 0.2) is 35.1 Å². The zero-order valence-corrected chi connectivity index (χ0v) is 13.5. The van der Waals surface area contributed by atoms with Crippen molar-refractivity contribution in [2.75, 3.05) is 19.4 Å². The van der Waals surface area contributed by atoms with Crippen LogP contribution >= 0.6 is 0 Å². The van der Waals surface area contributed by atoms with E-state index in [1.54, 1.807) is 21.0 Å². The van der Waals surface area contributed by atoms with Crippen LogP contribution in [-0.2, 0) is 11.3 Å². The summed E-state index contributed by atoms with van der Waals surface area (Å²) in [6.45, 7) is 1.35. The second kappa shape index (κ2) is 7.03. The maximum Gasteiger partial charge on any atom is 0.267 e. The van der Waals surface area contributed by atoms with Gasteiger partial charge in [-0.15, -0.1) is 0 Å². The Hall–Kier alpha value is -3.03. The maximum absolute atomic E-state index is 14.0. The Morgan fingerprint density at radius 2 is 1.96 bits per heavy atom. The minimum Gasteiger partial charge on any atom is -0.345 e. The lowest BCUT2D eigenvalue weighted by molar-refractivity contribution is -0.117. The van der Waals surface area contributed by atoms with Crippen molar-refractivity contribution < 1.29 is 14.0 Å². The van der Waals surface area contributed by atoms with Gasteiger partial charge in [-0.2, -0.15) is 5.10 Å². The van der Waals surface area contributed by atoms with E-state index in [0.29, 0.717) is 5.69 Å². The Morgan fingerprint density at radius 1 is 1.25 bits per heavy atom. The van der Waals surface area contributed by atoms with Crippen molar-refractivity contribution in [3.05, 3.63) is 57.8 Å². The summed E-state index contributed by atoms with van der Waals surface area (Å²) in [5.41, 5.74) is 0.256. The standard InChI is InChI=1S/C16H17FN4O3/c1-10-4-7-15(23)21(19-10)9-14(22)18-13-6-5-11(8-12(13)17)16(24)20(2)3/h4-8H,9H2,1-3H3,(H,18,22). The summed E-state index contributed by atoms with van der Waals surface area (Å²) in [6.07, 6.45) is 0. The predicted octanol–water partition coefficient (Wildman–Crippen LogP) is 1.03. The van der Waals surface area contributed by atoms with Crippen molar-refractivity contribution in [2.24, 2.45) is 0 Å². The molecule has 0 aliphatic carbocycles. The van der Waals surface area contributed by atoms with Crippen LogP contribution in [0.4, 0.5) is 10.1 Å². The molecule has 1 heterocycles. The van der Waals surface area contributed by atoms with Crippen LogP contribution in [-0.4, -0.2) is 40.6 Å². The first-order chi connectivity index (χ1) is 11.3. The van der Waals surface area contributed by atoms with Gasteiger partial charge in [0, 0.05) is 25.7 Å². The third kappa shape index (κ3) is 4.03. The Morgan fingerprint density at radius 3 is 2.58 bits per heavy atom. The van der Waals surface area contributed by atoms with Crippen LogP contribution in [0, 0.1) is 12.7 Å². The first kappa shape index (κ1) is 17.3. The van der Waals surface area contributed by atoms with Crippen molar-refractivity contribution in [1.29, 1.82) is 0 Å². The maximum atomic E-state index is 14.0. The van der Waals surface area contributed by atoms with E-state index in [9.17, 15) is 18.8 Å². The van der Waals surface area contributed by atoms with Crippen LogP contribution in [0.25, 0.3) is 0 Å². The molecule has 8 heteroatoms. The molecule has 1 aromatic carbocycles. The van der Waals surface area contributed by atoms with Crippen LogP contribution in [0.2, 0.25) is 0 Å². The minimum atomic E-state index is -0.736. The summed E-state index contributed by atoms with van der Waals surface area (Å²) in [5.74, 6) is -1.68. The molecular weight excluding hydrogens is 315 g/mol. The van der Waals surface area contributed by atoms with Gasteiger partial charge in [0.15, 0.2) is 0 Å². The molecule has 24 heavy (non-hydrogen) atoms. The smallest absolute Gasteiger partial charge is 0.267 e. The average molecular weight is 332 g/mol. The average Bonchev–Trinajstić information content (AvgIpc) is 2.52. The molecule has 2 rings (SSSR count). The summed E-state index contributed by atoms with van der Waals surface area (Å²) in [7, 11) is 3.12. The van der Waals surface area contributed by atoms with E-state index in [1.165, 1.54) is 29.2 Å². The number of anilines is 1. The van der Waals surface area contributed by atoms with E-state index in [4.69, 9.17) is 0 Å². The van der Waals surface area contributed by atoms with Crippen molar-refractivity contribution in [1.82, 2.24) is 14.7 Å². The molecule has 1 aromatic heterocycles. The lowest BCUT2D eigenvalue weighted by atomic mass is 10.1. The summed E-state index contributed by atoms with van der Waals surface area (Å²) in [5, 5.41) is 6.30. The molecule has 0 saturated heterocycles. The molecule has 0 fully saturated rings. The first-order valence-corrected chi connectivity index (χ1v) is 7.14. The van der Waals surface area contributed by atoms with Gasteiger partial charge in [-0.1, -0.05) is 0 Å². The number of carbonyl (C=O) groups is 2. The van der Waals surface area contributed by atoms with Crippen LogP contribution in [0.3, 0.4) is 0 Å². The van der Waals surface area contributed by atoms with E-state index in [0.717, 1.165) is 10.7 Å². The Labute approximate surface area is 137 Å². The number of carbonyl (C=O) groups excluding carboxylic acids is 2. The van der Waals surface area contributed by atoms with Crippen molar-refractivity contribution in [3.63, 3.8) is 0 Å². The molecule has 0 bridgehead atoms. The molecule has 0 radical (unpaired) electrons. The zero-order chi connectivity index (χ0) is 17.9. The van der Waals surface area contributed by atoms with E-state index >= 15 is 0 Å². The summed E-state index contributed by atoms with van der Waals surface area (Å²) < 4.78 is 15.0. The molecule has 1 N–H and O–H groups in total. The van der Waals surface area contributed by atoms with Crippen molar-refractivity contribution >= 4 is 17.5 Å². The fourth-order valence-corrected chi connectivity index (χ4v) is 2.00. The third-order valence-corrected chi connectivity index (χ3v) is 3.19. The molecule has 2 aromatic rings. The monoisotopic (exact) mass is 332 g/mol. The molecule has 0 aliphatic heterocycles. The van der Waals surface area contributed by atoms with Crippen molar-refractivity contribution in [2.45, 2.75) is 13.5 Å². The SMILES string of the molecule is Cc1ccc(=O)n(CC(=O)Nc2ccc(C(=O)N(C)C)cc2F)n1. The van der Waals surface area contributed by atoms with Gasteiger partial charge in [-0.3, -0.25) is 14.4 Å². The van der Waals surface area contributed by atoms with Gasteiger partial charge in [-0.05, 0) is 31.2 Å². The van der Waals surface area contributed by atoms with Gasteiger partial charge in [0.05, 0.1) is 11.4 Å². The molecule has 126 valence electrons. The fourth-order valence-electron chi connectivity index (χ4n) is 2.00. The molecule has 7 nitrogen and oxygen atoms in total. The third-order valence-electron chi connectivity index (χ3n) is 3.19. The number of nitrogens with one attached hydrogen (secondary N) is 1. The lowest BCUT2D eigenvalue weighted by Gasteiger charge is -2.12. The number of nitrogens with zero attached hydrogens (tertiary/aromatic N) is 3. The number of aryl methyl sites for hydroxylation is 1. The largest absolute Gasteiger partial charge is 0.345 e. The van der Waals surface area contributed by atoms with E-state index in [2.05, 4.69) is 10.4 Å². The topological polar surface area (TPSA) is 84.3 Å². The van der Waals surface area contributed by atoms with Crippen LogP contribution < -0.4 is 10.9 Å². The Bertz CT molecular complexity index is 845. The van der Waals surface area contributed by atoms with Gasteiger partial charge in [0.2, 0.25) is 5.91 Å². The molecule has 0 atom stereocenters. The van der Waals surface area contributed by atoms with Crippen LogP contribution in [0.1, 0.15) is 16.1 Å². The van der Waals surface area contributed by atoms with E-state index < -0.39 is 17.3 Å². The highest BCUT2D eigenvalue weighted by atomic mass is 19.1. The number of aromatic nitrogens is 2. The summed E-state index contributed by atoms with van der Waals surface area (Å²) >= 11 is 0. The highest BCUT2D eigenvalue weighted by Gasteiger charge is 2.13. The fraction of sp³-hybridized carbons (Fsp3) is 0.250. The number of rotatable bonds is 4. The van der Waals surface area contributed by atoms with Gasteiger partial charge in [0.1, 0.15) is 12.4 Å². The predicted molar refractivity (Wildman–Crippen MR) is 86.3 cm³/mol. The van der Waals surface area contributed by atoms with E-state index in [1.807, 2.05) is 0 Å². The normalized spacial score (nSPS) is 10.3. The number of amides is 2. The summed E-state index contributed by atoms with van der Waals surface area (Å²) in [4.78, 5) is 36.7. The van der Waals surface area contributed by atoms with Gasteiger partial charge < -0.3 is 10.2 Å². The molecule has 0 unspecified atom stereocenters. The minimum absolute atomic E-state index is 0.0731. The Balaban J connectivity index is 2.13. The number of hydrogen-bond acceptors (Lipinski definition) is 4. The lowest BCUT2D eigenvalue weighted by Crippen LogP contribution is -2.29. The van der Waals surface area contributed by atoms with Gasteiger partial charge >= 0.3 is 0 Å². The zero-order valence-electron chi connectivity index (χ0n) is 13.5. The first-order valence-electron chi connectivity index (χ1n) is 7.14. The molecule has 0 aliphatic rings. The second-order valence-corrected chi connectivity index (χ2v) is 5.41. The second-order valence-electron chi connectivity index (χ2n) is 5.41. The highest BCUT2D eigenvalue weighted by Crippen LogP contribution is 2.16. The summed E-state index contributed by atoms with van der Waals surface area (Å²) in [6, 6.07) is 6.61. The Kier molecular flexibility index (Phi) is 5.08. The molecule has 2 amide bonds. The quantitative estimate of drug-likeness (QED) is 0.906. The van der Waals surface area contributed by atoms with Crippen molar-refractivity contribution in [3.8, 4) is 0 Å². The van der Waals surface area contributed by atoms with E-state index in [-0.39, 0.29) is 23.7 Å². The number of benzene rings is 1. The molecule has 0 saturated carbocycles.